The highest BCUT2D eigenvalue weighted by atomic mass is 79.9. The summed E-state index contributed by atoms with van der Waals surface area (Å²) in [4.78, 5) is 0.154. The van der Waals surface area contributed by atoms with Crippen LogP contribution in [0.1, 0.15) is 11.1 Å². The molecule has 0 amide bonds. The van der Waals surface area contributed by atoms with E-state index in [0.29, 0.717) is 17.5 Å². The number of aryl methyl sites for hydroxylation is 1. The van der Waals surface area contributed by atoms with Crippen LogP contribution in [0.4, 0.5) is 4.39 Å². The standard InChI is InChI=1S/C13H13BrFN3O2S/c1-17-7-9(6-16-17)21(19,20)18-5-4-10-11(8-18)12(14)2-3-13(10)15/h2-3,6-7H,4-5,8H2,1H3. The smallest absolute Gasteiger partial charge is 0.246 e. The molecule has 8 heteroatoms. The molecule has 1 aromatic carbocycles. The predicted molar refractivity (Wildman–Crippen MR) is 78.6 cm³/mol. The Labute approximate surface area is 130 Å². The van der Waals surface area contributed by atoms with E-state index in [0.717, 1.165) is 4.47 Å². The maximum atomic E-state index is 13.8. The second-order valence-corrected chi connectivity index (χ2v) is 7.72. The average Bonchev–Trinajstić information content (AvgIpc) is 2.90. The summed E-state index contributed by atoms with van der Waals surface area (Å²) in [6, 6.07) is 3.00. The van der Waals surface area contributed by atoms with E-state index in [2.05, 4.69) is 21.0 Å². The lowest BCUT2D eigenvalue weighted by molar-refractivity contribution is 0.384. The van der Waals surface area contributed by atoms with Gasteiger partial charge in [0.05, 0.1) is 6.20 Å². The summed E-state index contributed by atoms with van der Waals surface area (Å²) in [5.41, 5.74) is 1.27. The number of sulfonamides is 1. The first kappa shape index (κ1) is 14.7. The third-order valence-electron chi connectivity index (χ3n) is 3.58. The molecule has 0 saturated heterocycles. The van der Waals surface area contributed by atoms with Gasteiger partial charge in [0.25, 0.3) is 0 Å². The molecule has 21 heavy (non-hydrogen) atoms. The van der Waals surface area contributed by atoms with Crippen molar-refractivity contribution in [1.82, 2.24) is 14.1 Å². The Bertz CT molecular complexity index is 804. The average molecular weight is 374 g/mol. The summed E-state index contributed by atoms with van der Waals surface area (Å²) in [6.45, 7) is 0.419. The molecule has 112 valence electrons. The quantitative estimate of drug-likeness (QED) is 0.809. The fourth-order valence-corrected chi connectivity index (χ4v) is 4.35. The summed E-state index contributed by atoms with van der Waals surface area (Å²) in [6.07, 6.45) is 3.15. The first-order valence-electron chi connectivity index (χ1n) is 6.34. The third-order valence-corrected chi connectivity index (χ3v) is 6.12. The number of hydrogen-bond acceptors (Lipinski definition) is 3. The first-order valence-corrected chi connectivity index (χ1v) is 8.57. The molecular formula is C13H13BrFN3O2S. The number of rotatable bonds is 2. The minimum absolute atomic E-state index is 0.154. The largest absolute Gasteiger partial charge is 0.274 e. The molecule has 1 aliphatic heterocycles. The first-order chi connectivity index (χ1) is 9.89. The Morgan fingerprint density at radius 1 is 1.33 bits per heavy atom. The van der Waals surface area contributed by atoms with Crippen LogP contribution < -0.4 is 0 Å². The van der Waals surface area contributed by atoms with Gasteiger partial charge in [0.2, 0.25) is 10.0 Å². The molecule has 0 aliphatic carbocycles. The van der Waals surface area contributed by atoms with Crippen LogP contribution in [0.3, 0.4) is 0 Å². The highest BCUT2D eigenvalue weighted by molar-refractivity contribution is 9.10. The molecule has 0 radical (unpaired) electrons. The highest BCUT2D eigenvalue weighted by Gasteiger charge is 2.31. The zero-order valence-electron chi connectivity index (χ0n) is 11.3. The van der Waals surface area contributed by atoms with Crippen molar-refractivity contribution in [3.63, 3.8) is 0 Å². The Kier molecular flexibility index (Phi) is 3.62. The van der Waals surface area contributed by atoms with Crippen molar-refractivity contribution in [2.75, 3.05) is 6.54 Å². The lowest BCUT2D eigenvalue weighted by Crippen LogP contribution is -2.36. The lowest BCUT2D eigenvalue weighted by Gasteiger charge is -2.28. The molecule has 0 spiro atoms. The number of halogens is 2. The summed E-state index contributed by atoms with van der Waals surface area (Å²) < 4.78 is 42.5. The number of fused-ring (bicyclic) bond motifs is 1. The Morgan fingerprint density at radius 2 is 2.10 bits per heavy atom. The number of benzene rings is 1. The van der Waals surface area contributed by atoms with Crippen LogP contribution in [0, 0.1) is 5.82 Å². The van der Waals surface area contributed by atoms with Gasteiger partial charge in [-0.3, -0.25) is 4.68 Å². The van der Waals surface area contributed by atoms with E-state index < -0.39 is 10.0 Å². The van der Waals surface area contributed by atoms with Crippen molar-refractivity contribution in [2.45, 2.75) is 17.9 Å². The minimum atomic E-state index is -3.61. The van der Waals surface area contributed by atoms with Crippen molar-refractivity contribution >= 4 is 26.0 Å². The molecular weight excluding hydrogens is 361 g/mol. The monoisotopic (exact) mass is 373 g/mol. The van der Waals surface area contributed by atoms with E-state index >= 15 is 0 Å². The van der Waals surface area contributed by atoms with E-state index in [1.807, 2.05) is 0 Å². The molecule has 3 rings (SSSR count). The minimum Gasteiger partial charge on any atom is -0.274 e. The summed E-state index contributed by atoms with van der Waals surface area (Å²) in [5, 5.41) is 3.90. The zero-order chi connectivity index (χ0) is 15.2. The summed E-state index contributed by atoms with van der Waals surface area (Å²) in [7, 11) is -1.94. The molecule has 1 aromatic heterocycles. The topological polar surface area (TPSA) is 55.2 Å². The fraction of sp³-hybridized carbons (Fsp3) is 0.308. The van der Waals surface area contributed by atoms with E-state index in [-0.39, 0.29) is 23.8 Å². The second kappa shape index (κ2) is 5.19. The maximum Gasteiger partial charge on any atom is 0.246 e. The van der Waals surface area contributed by atoms with Crippen LogP contribution in [-0.2, 0) is 30.0 Å². The normalized spacial score (nSPS) is 16.0. The second-order valence-electron chi connectivity index (χ2n) is 4.92. The SMILES string of the molecule is Cn1cc(S(=O)(=O)N2CCc3c(F)ccc(Br)c3C2)cn1. The van der Waals surface area contributed by atoms with Gasteiger partial charge >= 0.3 is 0 Å². The zero-order valence-corrected chi connectivity index (χ0v) is 13.7. The van der Waals surface area contributed by atoms with E-state index in [9.17, 15) is 12.8 Å². The van der Waals surface area contributed by atoms with Crippen molar-refractivity contribution in [1.29, 1.82) is 0 Å². The van der Waals surface area contributed by atoms with E-state index in [1.54, 1.807) is 13.1 Å². The van der Waals surface area contributed by atoms with E-state index in [4.69, 9.17) is 0 Å². The molecule has 1 aliphatic rings. The van der Waals surface area contributed by atoms with Gasteiger partial charge in [-0.1, -0.05) is 15.9 Å². The molecule has 0 N–H and O–H groups in total. The fourth-order valence-electron chi connectivity index (χ4n) is 2.46. The van der Waals surface area contributed by atoms with Gasteiger partial charge in [0, 0.05) is 30.8 Å². The molecule has 0 unspecified atom stereocenters. The molecule has 2 heterocycles. The van der Waals surface area contributed by atoms with Gasteiger partial charge in [-0.25, -0.2) is 12.8 Å². The molecule has 0 saturated carbocycles. The Hall–Kier alpha value is -1.25. The summed E-state index contributed by atoms with van der Waals surface area (Å²) in [5.74, 6) is -0.286. The summed E-state index contributed by atoms with van der Waals surface area (Å²) >= 11 is 3.37. The molecule has 0 bridgehead atoms. The number of hydrogen-bond donors (Lipinski definition) is 0. The van der Waals surface area contributed by atoms with Crippen LogP contribution in [0.15, 0.2) is 33.9 Å². The highest BCUT2D eigenvalue weighted by Crippen LogP contribution is 2.31. The maximum absolute atomic E-state index is 13.8. The molecule has 5 nitrogen and oxygen atoms in total. The number of nitrogens with zero attached hydrogens (tertiary/aromatic N) is 3. The lowest BCUT2D eigenvalue weighted by atomic mass is 10.0. The van der Waals surface area contributed by atoms with Gasteiger partial charge in [0.15, 0.2) is 0 Å². The van der Waals surface area contributed by atoms with Crippen molar-refractivity contribution in [3.8, 4) is 0 Å². The van der Waals surface area contributed by atoms with Crippen LogP contribution in [0.25, 0.3) is 0 Å². The van der Waals surface area contributed by atoms with Gasteiger partial charge in [-0.05, 0) is 29.7 Å². The van der Waals surface area contributed by atoms with Gasteiger partial charge in [-0.2, -0.15) is 9.40 Å². The predicted octanol–water partition coefficient (Wildman–Crippen LogP) is 2.07. The van der Waals surface area contributed by atoms with E-state index in [1.165, 1.54) is 27.4 Å². The van der Waals surface area contributed by atoms with Crippen LogP contribution in [0.2, 0.25) is 0 Å². The van der Waals surface area contributed by atoms with Crippen molar-refractivity contribution in [3.05, 3.63) is 45.9 Å². The van der Waals surface area contributed by atoms with Crippen molar-refractivity contribution in [2.24, 2.45) is 7.05 Å². The number of aromatic nitrogens is 2. The molecule has 0 fully saturated rings. The van der Waals surface area contributed by atoms with Crippen LogP contribution >= 0.6 is 15.9 Å². The van der Waals surface area contributed by atoms with Gasteiger partial charge in [-0.15, -0.1) is 0 Å². The van der Waals surface area contributed by atoms with Crippen LogP contribution in [0.5, 0.6) is 0 Å². The Balaban J connectivity index is 1.98. The van der Waals surface area contributed by atoms with Gasteiger partial charge < -0.3 is 0 Å². The molecule has 0 atom stereocenters. The van der Waals surface area contributed by atoms with Crippen LogP contribution in [-0.4, -0.2) is 29.0 Å². The third kappa shape index (κ3) is 2.51. The molecule has 2 aromatic rings. The Morgan fingerprint density at radius 3 is 2.76 bits per heavy atom. The van der Waals surface area contributed by atoms with Gasteiger partial charge in [0.1, 0.15) is 10.7 Å². The van der Waals surface area contributed by atoms with Crippen molar-refractivity contribution < 1.29 is 12.8 Å².